The van der Waals surface area contributed by atoms with Crippen molar-refractivity contribution in [3.8, 4) is 16.9 Å². The van der Waals surface area contributed by atoms with Crippen LogP contribution in [0.2, 0.25) is 0 Å². The number of benzene rings is 2. The zero-order valence-corrected chi connectivity index (χ0v) is 12.9. The van der Waals surface area contributed by atoms with Gasteiger partial charge in [0, 0.05) is 0 Å². The Kier molecular flexibility index (Phi) is 5.79. The monoisotopic (exact) mass is 286 g/mol. The van der Waals surface area contributed by atoms with Gasteiger partial charge in [-0.15, -0.1) is 0 Å². The molecule has 2 aromatic carbocycles. The Morgan fingerprint density at radius 2 is 1.62 bits per heavy atom. The molecule has 0 fully saturated rings. The molecular formula is C19H23FO. The smallest absolute Gasteiger partial charge is 0.165 e. The molecule has 112 valence electrons. The van der Waals surface area contributed by atoms with Gasteiger partial charge in [0.15, 0.2) is 11.6 Å². The fraction of sp³-hybridized carbons (Fsp3) is 0.368. The second-order valence-corrected chi connectivity index (χ2v) is 5.42. The van der Waals surface area contributed by atoms with Crippen molar-refractivity contribution in [1.29, 1.82) is 0 Å². The maximum Gasteiger partial charge on any atom is 0.165 e. The maximum atomic E-state index is 14.1. The second-order valence-electron chi connectivity index (χ2n) is 5.42. The number of hydrogen-bond donors (Lipinski definition) is 0. The summed E-state index contributed by atoms with van der Waals surface area (Å²) in [5, 5.41) is 0. The average molecular weight is 286 g/mol. The van der Waals surface area contributed by atoms with Crippen LogP contribution in [0, 0.1) is 12.7 Å². The summed E-state index contributed by atoms with van der Waals surface area (Å²) in [5.74, 6) is 0.0610. The molecule has 0 aliphatic heterocycles. The van der Waals surface area contributed by atoms with Gasteiger partial charge in [-0.3, -0.25) is 0 Å². The van der Waals surface area contributed by atoms with Crippen LogP contribution >= 0.6 is 0 Å². The van der Waals surface area contributed by atoms with E-state index in [2.05, 4.69) is 6.92 Å². The highest BCUT2D eigenvalue weighted by atomic mass is 19.1. The van der Waals surface area contributed by atoms with E-state index in [4.69, 9.17) is 4.74 Å². The Morgan fingerprint density at radius 1 is 0.905 bits per heavy atom. The summed E-state index contributed by atoms with van der Waals surface area (Å²) in [6.07, 6.45) is 4.52. The fourth-order valence-corrected chi connectivity index (χ4v) is 2.25. The Labute approximate surface area is 126 Å². The summed E-state index contributed by atoms with van der Waals surface area (Å²) in [6, 6.07) is 13.3. The molecule has 0 bridgehead atoms. The first-order chi connectivity index (χ1) is 10.2. The van der Waals surface area contributed by atoms with Crippen LogP contribution in [-0.2, 0) is 0 Å². The summed E-state index contributed by atoms with van der Waals surface area (Å²) >= 11 is 0. The lowest BCUT2D eigenvalue weighted by Gasteiger charge is -2.09. The van der Waals surface area contributed by atoms with E-state index >= 15 is 0 Å². The SMILES string of the molecule is CCCCCCOc1ccc(-c2ccc(C)cc2)cc1F. The number of rotatable bonds is 7. The highest BCUT2D eigenvalue weighted by Gasteiger charge is 2.06. The molecule has 0 aliphatic carbocycles. The predicted molar refractivity (Wildman–Crippen MR) is 86.2 cm³/mol. The summed E-state index contributed by atoms with van der Waals surface area (Å²) in [7, 11) is 0. The van der Waals surface area contributed by atoms with Gasteiger partial charge in [-0.1, -0.05) is 62.1 Å². The maximum absolute atomic E-state index is 14.1. The molecule has 0 saturated heterocycles. The first-order valence-electron chi connectivity index (χ1n) is 7.70. The molecule has 2 rings (SSSR count). The third-order valence-electron chi connectivity index (χ3n) is 3.57. The molecule has 0 aromatic heterocycles. The Balaban J connectivity index is 1.98. The first-order valence-corrected chi connectivity index (χ1v) is 7.70. The minimum Gasteiger partial charge on any atom is -0.491 e. The normalized spacial score (nSPS) is 10.6. The van der Waals surface area contributed by atoms with Crippen LogP contribution in [-0.4, -0.2) is 6.61 Å². The molecule has 1 nitrogen and oxygen atoms in total. The lowest BCUT2D eigenvalue weighted by molar-refractivity contribution is 0.290. The van der Waals surface area contributed by atoms with Crippen LogP contribution in [0.5, 0.6) is 5.75 Å². The fourth-order valence-electron chi connectivity index (χ4n) is 2.25. The van der Waals surface area contributed by atoms with E-state index < -0.39 is 0 Å². The molecule has 0 N–H and O–H groups in total. The first kappa shape index (κ1) is 15.6. The summed E-state index contributed by atoms with van der Waals surface area (Å²) < 4.78 is 19.6. The van der Waals surface area contributed by atoms with E-state index in [1.165, 1.54) is 18.4 Å². The van der Waals surface area contributed by atoms with Crippen molar-refractivity contribution in [3.05, 3.63) is 53.8 Å². The number of aryl methyl sites for hydroxylation is 1. The van der Waals surface area contributed by atoms with Crippen molar-refractivity contribution >= 4 is 0 Å². The minimum absolute atomic E-state index is 0.288. The number of halogens is 1. The highest BCUT2D eigenvalue weighted by molar-refractivity contribution is 5.64. The van der Waals surface area contributed by atoms with E-state index in [0.29, 0.717) is 12.4 Å². The summed E-state index contributed by atoms with van der Waals surface area (Å²) in [4.78, 5) is 0. The number of unbranched alkanes of at least 4 members (excludes halogenated alkanes) is 3. The van der Waals surface area contributed by atoms with Gasteiger partial charge in [0.2, 0.25) is 0 Å². The molecule has 2 heteroatoms. The standard InChI is InChI=1S/C19H23FO/c1-3-4-5-6-13-21-19-12-11-17(14-18(19)20)16-9-7-15(2)8-10-16/h7-12,14H,3-6,13H2,1-2H3. The summed E-state index contributed by atoms with van der Waals surface area (Å²) in [6.45, 7) is 4.80. The molecule has 0 unspecified atom stereocenters. The van der Waals surface area contributed by atoms with Crippen molar-refractivity contribution in [3.63, 3.8) is 0 Å². The zero-order chi connectivity index (χ0) is 15.1. The lowest BCUT2D eigenvalue weighted by Crippen LogP contribution is -1.99. The topological polar surface area (TPSA) is 9.23 Å². The quantitative estimate of drug-likeness (QED) is 0.588. The molecule has 0 atom stereocenters. The van der Waals surface area contributed by atoms with Crippen LogP contribution in [0.25, 0.3) is 11.1 Å². The molecule has 0 radical (unpaired) electrons. The predicted octanol–water partition coefficient (Wildman–Crippen LogP) is 5.76. The van der Waals surface area contributed by atoms with Gasteiger partial charge < -0.3 is 4.74 Å². The van der Waals surface area contributed by atoms with Crippen LogP contribution in [0.15, 0.2) is 42.5 Å². The Bertz CT molecular complexity index is 560. The van der Waals surface area contributed by atoms with Crippen molar-refractivity contribution in [2.45, 2.75) is 39.5 Å². The Morgan fingerprint density at radius 3 is 2.29 bits per heavy atom. The van der Waals surface area contributed by atoms with Crippen molar-refractivity contribution < 1.29 is 9.13 Å². The highest BCUT2D eigenvalue weighted by Crippen LogP contribution is 2.26. The van der Waals surface area contributed by atoms with Crippen molar-refractivity contribution in [2.75, 3.05) is 6.61 Å². The van der Waals surface area contributed by atoms with E-state index in [0.717, 1.165) is 24.0 Å². The number of ether oxygens (including phenoxy) is 1. The van der Waals surface area contributed by atoms with E-state index in [9.17, 15) is 4.39 Å². The molecule has 2 aromatic rings. The van der Waals surface area contributed by atoms with Gasteiger partial charge in [-0.25, -0.2) is 4.39 Å². The molecule has 21 heavy (non-hydrogen) atoms. The molecule has 0 amide bonds. The molecule has 0 saturated carbocycles. The van der Waals surface area contributed by atoms with Crippen molar-refractivity contribution in [1.82, 2.24) is 0 Å². The van der Waals surface area contributed by atoms with Crippen LogP contribution in [0.3, 0.4) is 0 Å². The number of hydrogen-bond acceptors (Lipinski definition) is 1. The largest absolute Gasteiger partial charge is 0.491 e. The third-order valence-corrected chi connectivity index (χ3v) is 3.57. The molecule has 0 spiro atoms. The van der Waals surface area contributed by atoms with E-state index in [1.54, 1.807) is 12.1 Å². The Hall–Kier alpha value is -1.83. The van der Waals surface area contributed by atoms with Crippen molar-refractivity contribution in [2.24, 2.45) is 0 Å². The van der Waals surface area contributed by atoms with Crippen LogP contribution in [0.4, 0.5) is 4.39 Å². The summed E-state index contributed by atoms with van der Waals surface area (Å²) in [5.41, 5.74) is 3.10. The molecule has 0 aliphatic rings. The van der Waals surface area contributed by atoms with E-state index in [-0.39, 0.29) is 5.82 Å². The third kappa shape index (κ3) is 4.59. The van der Waals surface area contributed by atoms with Gasteiger partial charge in [-0.05, 0) is 36.6 Å². The van der Waals surface area contributed by atoms with E-state index in [1.807, 2.05) is 37.3 Å². The van der Waals surface area contributed by atoms with Gasteiger partial charge in [0.1, 0.15) is 0 Å². The molecular weight excluding hydrogens is 263 g/mol. The molecule has 0 heterocycles. The van der Waals surface area contributed by atoms with Crippen LogP contribution < -0.4 is 4.74 Å². The second kappa shape index (κ2) is 7.82. The van der Waals surface area contributed by atoms with Gasteiger partial charge >= 0.3 is 0 Å². The van der Waals surface area contributed by atoms with Gasteiger partial charge in [-0.2, -0.15) is 0 Å². The zero-order valence-electron chi connectivity index (χ0n) is 12.9. The van der Waals surface area contributed by atoms with Crippen LogP contribution in [0.1, 0.15) is 38.2 Å². The van der Waals surface area contributed by atoms with Gasteiger partial charge in [0.05, 0.1) is 6.61 Å². The minimum atomic E-state index is -0.288. The lowest BCUT2D eigenvalue weighted by atomic mass is 10.0. The van der Waals surface area contributed by atoms with Gasteiger partial charge in [0.25, 0.3) is 0 Å². The average Bonchev–Trinajstić information content (AvgIpc) is 2.49.